The van der Waals surface area contributed by atoms with E-state index >= 15 is 0 Å². The number of carbonyl (C=O) groups excluding carboxylic acids is 1. The van der Waals surface area contributed by atoms with Crippen LogP contribution in [0.2, 0.25) is 0 Å². The average molecular weight is 487 g/mol. The minimum absolute atomic E-state index is 0.0194. The van der Waals surface area contributed by atoms with Crippen molar-refractivity contribution in [2.24, 2.45) is 0 Å². The van der Waals surface area contributed by atoms with E-state index in [9.17, 15) is 9.18 Å². The number of hydrogen-bond acceptors (Lipinski definition) is 3. The highest BCUT2D eigenvalue weighted by Gasteiger charge is 2.46. The second kappa shape index (κ2) is 8.18. The molecule has 0 saturated carbocycles. The molecule has 1 aromatic carbocycles. The van der Waals surface area contributed by atoms with Crippen LogP contribution in [-0.2, 0) is 17.4 Å². The summed E-state index contributed by atoms with van der Waals surface area (Å²) in [5, 5.41) is 8.91. The normalized spacial score (nSPS) is 19.4. The maximum atomic E-state index is 13.5. The van der Waals surface area contributed by atoms with Gasteiger partial charge < -0.3 is 15.2 Å². The van der Waals surface area contributed by atoms with E-state index in [1.807, 2.05) is 36.4 Å². The van der Waals surface area contributed by atoms with Crippen LogP contribution in [-0.4, -0.2) is 50.3 Å². The van der Waals surface area contributed by atoms with Crippen molar-refractivity contribution in [3.8, 4) is 11.3 Å². The highest BCUT2D eigenvalue weighted by Crippen LogP contribution is 2.44. The van der Waals surface area contributed by atoms with Crippen molar-refractivity contribution in [1.82, 2.24) is 30.0 Å². The van der Waals surface area contributed by atoms with E-state index in [4.69, 9.17) is 10.1 Å². The molecule has 5 heterocycles. The molecule has 0 aliphatic carbocycles. The van der Waals surface area contributed by atoms with E-state index in [2.05, 4.69) is 41.0 Å². The van der Waals surface area contributed by atoms with Gasteiger partial charge in [0, 0.05) is 66.0 Å². The molecule has 186 valence electrons. The van der Waals surface area contributed by atoms with E-state index in [1.165, 1.54) is 17.8 Å². The number of nitrogens with one attached hydrogen (secondary N) is 2. The highest BCUT2D eigenvalue weighted by atomic mass is 19.1. The van der Waals surface area contributed by atoms with Gasteiger partial charge in [0.25, 0.3) is 0 Å². The Kier molecular flexibility index (Phi) is 5.17. The molecule has 7 nitrogen and oxygen atoms in total. The molecular weight excluding hydrogens is 455 g/mol. The first-order chi connectivity index (χ1) is 17.3. The van der Waals surface area contributed by atoms with Gasteiger partial charge in [-0.3, -0.25) is 4.68 Å². The second-order valence-corrected chi connectivity index (χ2v) is 10.6. The maximum absolute atomic E-state index is 13.5. The summed E-state index contributed by atoms with van der Waals surface area (Å²) < 4.78 is 15.6. The number of benzene rings is 1. The molecule has 0 bridgehead atoms. The third-order valence-corrected chi connectivity index (χ3v) is 8.16. The first-order valence-corrected chi connectivity index (χ1v) is 12.7. The van der Waals surface area contributed by atoms with Gasteiger partial charge in [-0.2, -0.15) is 5.10 Å². The minimum atomic E-state index is -0.335. The Hall–Kier alpha value is -3.68. The molecule has 1 atom stereocenters. The molecule has 3 aromatic heterocycles. The van der Waals surface area contributed by atoms with E-state index in [0.29, 0.717) is 6.54 Å². The number of nitrogens with zero attached hydrogens (tertiary/aromatic N) is 4. The number of fused-ring (bicyclic) bond motifs is 3. The quantitative estimate of drug-likeness (QED) is 0.428. The topological polar surface area (TPSA) is 78.8 Å². The molecule has 1 unspecified atom stereocenters. The van der Waals surface area contributed by atoms with Gasteiger partial charge >= 0.3 is 6.03 Å². The molecule has 1 spiro atoms. The fourth-order valence-electron chi connectivity index (χ4n) is 6.01. The lowest BCUT2D eigenvalue weighted by molar-refractivity contribution is 0.206. The monoisotopic (exact) mass is 486 g/mol. The standard InChI is InChI=1S/C28H31FN6O/c1-4-30-26(36)34-11-9-28(17-34)10-12-35-24(28)14-23(33-35)18-13-21-22(16-32-25(21)31-15-18)27(2,3)19-5-7-20(29)8-6-19/h5-8,13-16H,4,9-12,17H2,1-3H3,(H,30,36)(H,31,32). The Labute approximate surface area is 209 Å². The van der Waals surface area contributed by atoms with Gasteiger partial charge in [-0.15, -0.1) is 0 Å². The lowest BCUT2D eigenvalue weighted by Crippen LogP contribution is -2.40. The Morgan fingerprint density at radius 3 is 2.75 bits per heavy atom. The molecule has 8 heteroatoms. The van der Waals surface area contributed by atoms with E-state index in [0.717, 1.165) is 65.9 Å². The Morgan fingerprint density at radius 2 is 1.97 bits per heavy atom. The zero-order valence-electron chi connectivity index (χ0n) is 20.9. The van der Waals surface area contributed by atoms with Gasteiger partial charge in [0.05, 0.1) is 5.69 Å². The zero-order valence-corrected chi connectivity index (χ0v) is 20.9. The third kappa shape index (κ3) is 3.50. The molecule has 36 heavy (non-hydrogen) atoms. The van der Waals surface area contributed by atoms with Crippen LogP contribution in [0, 0.1) is 5.82 Å². The Bertz CT molecular complexity index is 1450. The summed E-state index contributed by atoms with van der Waals surface area (Å²) in [4.78, 5) is 22.4. The van der Waals surface area contributed by atoms with Gasteiger partial charge in [-0.05, 0) is 55.2 Å². The molecule has 2 aliphatic rings. The fraction of sp³-hybridized carbons (Fsp3) is 0.393. The first kappa shape index (κ1) is 22.8. The maximum Gasteiger partial charge on any atom is 0.317 e. The Balaban J connectivity index is 1.34. The predicted octanol–water partition coefficient (Wildman–Crippen LogP) is 4.97. The summed E-state index contributed by atoms with van der Waals surface area (Å²) in [5.41, 5.74) is 5.68. The summed E-state index contributed by atoms with van der Waals surface area (Å²) in [5.74, 6) is -0.237. The van der Waals surface area contributed by atoms with E-state index in [1.54, 1.807) is 0 Å². The van der Waals surface area contributed by atoms with Crippen LogP contribution in [0.25, 0.3) is 22.3 Å². The molecule has 6 rings (SSSR count). The van der Waals surface area contributed by atoms with Crippen LogP contribution < -0.4 is 5.32 Å². The van der Waals surface area contributed by atoms with Gasteiger partial charge in [-0.25, -0.2) is 14.2 Å². The number of urea groups is 1. The van der Waals surface area contributed by atoms with Gasteiger partial charge in [0.2, 0.25) is 0 Å². The predicted molar refractivity (Wildman–Crippen MR) is 137 cm³/mol. The molecule has 1 fully saturated rings. The largest absolute Gasteiger partial charge is 0.346 e. The van der Waals surface area contributed by atoms with Crippen molar-refractivity contribution >= 4 is 17.1 Å². The van der Waals surface area contributed by atoms with Crippen LogP contribution in [0.3, 0.4) is 0 Å². The first-order valence-electron chi connectivity index (χ1n) is 12.7. The molecular formula is C28H31FN6O. The summed E-state index contributed by atoms with van der Waals surface area (Å²) in [6.07, 6.45) is 5.84. The average Bonchev–Trinajstić information content (AvgIpc) is 3.64. The number of H-pyrrole nitrogens is 1. The number of amides is 2. The molecule has 2 N–H and O–H groups in total. The summed E-state index contributed by atoms with van der Waals surface area (Å²) in [6.45, 7) is 9.23. The number of aromatic amines is 1. The number of carbonyl (C=O) groups is 1. The van der Waals surface area contributed by atoms with Crippen molar-refractivity contribution in [3.05, 3.63) is 71.4 Å². The molecule has 2 aliphatic heterocycles. The SMILES string of the molecule is CCNC(=O)N1CCC2(CCn3nc(-c4cnc5[nH]cc(C(C)(C)c6ccc(F)cc6)c5c4)cc32)C1. The smallest absolute Gasteiger partial charge is 0.317 e. The second-order valence-electron chi connectivity index (χ2n) is 10.6. The number of aryl methyl sites for hydroxylation is 1. The number of halogens is 1. The lowest BCUT2D eigenvalue weighted by atomic mass is 9.78. The summed E-state index contributed by atoms with van der Waals surface area (Å²) in [7, 11) is 0. The van der Waals surface area contributed by atoms with Crippen molar-refractivity contribution < 1.29 is 9.18 Å². The Morgan fingerprint density at radius 1 is 1.19 bits per heavy atom. The minimum Gasteiger partial charge on any atom is -0.346 e. The van der Waals surface area contributed by atoms with Gasteiger partial charge in [0.1, 0.15) is 11.5 Å². The molecule has 4 aromatic rings. The highest BCUT2D eigenvalue weighted by molar-refractivity contribution is 5.85. The lowest BCUT2D eigenvalue weighted by Gasteiger charge is -2.25. The van der Waals surface area contributed by atoms with Crippen LogP contribution in [0.5, 0.6) is 0 Å². The number of pyridine rings is 1. The van der Waals surface area contributed by atoms with Crippen LogP contribution in [0.1, 0.15) is 50.4 Å². The summed E-state index contributed by atoms with van der Waals surface area (Å²) >= 11 is 0. The number of hydrogen-bond donors (Lipinski definition) is 2. The molecule has 2 amide bonds. The van der Waals surface area contributed by atoms with Gasteiger partial charge in [-0.1, -0.05) is 26.0 Å². The van der Waals surface area contributed by atoms with E-state index in [-0.39, 0.29) is 22.7 Å². The van der Waals surface area contributed by atoms with Crippen LogP contribution >= 0.6 is 0 Å². The fourth-order valence-corrected chi connectivity index (χ4v) is 6.01. The van der Waals surface area contributed by atoms with Crippen molar-refractivity contribution in [2.45, 2.75) is 51.0 Å². The number of rotatable bonds is 4. The zero-order chi connectivity index (χ0) is 25.1. The summed E-state index contributed by atoms with van der Waals surface area (Å²) in [6, 6.07) is 11.1. The van der Waals surface area contributed by atoms with Crippen molar-refractivity contribution in [1.29, 1.82) is 0 Å². The number of likely N-dealkylation sites (tertiary alicyclic amines) is 1. The number of aromatic nitrogens is 4. The van der Waals surface area contributed by atoms with Crippen LogP contribution in [0.15, 0.2) is 48.8 Å². The van der Waals surface area contributed by atoms with Gasteiger partial charge in [0.15, 0.2) is 0 Å². The van der Waals surface area contributed by atoms with Crippen molar-refractivity contribution in [3.63, 3.8) is 0 Å². The van der Waals surface area contributed by atoms with E-state index < -0.39 is 0 Å². The van der Waals surface area contributed by atoms with Crippen molar-refractivity contribution in [2.75, 3.05) is 19.6 Å². The third-order valence-electron chi connectivity index (χ3n) is 8.16. The molecule has 0 radical (unpaired) electrons. The molecule has 1 saturated heterocycles. The van der Waals surface area contributed by atoms with Crippen LogP contribution in [0.4, 0.5) is 9.18 Å².